The molecule has 0 aromatic heterocycles. The molecule has 112 valence electrons. The van der Waals surface area contributed by atoms with Crippen LogP contribution >= 0.6 is 0 Å². The van der Waals surface area contributed by atoms with Crippen LogP contribution in [0.15, 0.2) is 18.2 Å². The van der Waals surface area contributed by atoms with Gasteiger partial charge in [-0.2, -0.15) is 0 Å². The third-order valence-electron chi connectivity index (χ3n) is 3.02. The summed E-state index contributed by atoms with van der Waals surface area (Å²) in [4.78, 5) is 13.5. The number of rotatable bonds is 9. The molecule has 4 nitrogen and oxygen atoms in total. The van der Waals surface area contributed by atoms with E-state index in [1.807, 2.05) is 4.90 Å². The first-order chi connectivity index (χ1) is 9.61. The SMILES string of the molecule is COCCCN(CCOC)c1c(F)cccc1C(C)=O. The smallest absolute Gasteiger partial charge is 0.161 e. The van der Waals surface area contributed by atoms with Crippen LogP contribution in [0.2, 0.25) is 0 Å². The van der Waals surface area contributed by atoms with E-state index in [0.29, 0.717) is 37.6 Å². The number of halogens is 1. The van der Waals surface area contributed by atoms with Crippen molar-refractivity contribution in [3.8, 4) is 0 Å². The number of methoxy groups -OCH3 is 2. The molecule has 0 radical (unpaired) electrons. The summed E-state index contributed by atoms with van der Waals surface area (Å²) in [6.45, 7) is 3.65. The second kappa shape index (κ2) is 8.66. The van der Waals surface area contributed by atoms with Crippen LogP contribution in [-0.2, 0) is 9.47 Å². The van der Waals surface area contributed by atoms with Crippen LogP contribution in [0.25, 0.3) is 0 Å². The molecule has 1 aromatic carbocycles. The van der Waals surface area contributed by atoms with Crippen LogP contribution < -0.4 is 4.90 Å². The van der Waals surface area contributed by atoms with Gasteiger partial charge in [0.1, 0.15) is 5.82 Å². The molecule has 0 unspecified atom stereocenters. The van der Waals surface area contributed by atoms with Gasteiger partial charge in [-0.15, -0.1) is 0 Å². The number of para-hydroxylation sites is 1. The quantitative estimate of drug-likeness (QED) is 0.515. The van der Waals surface area contributed by atoms with Gasteiger partial charge in [-0.05, 0) is 25.5 Å². The summed E-state index contributed by atoms with van der Waals surface area (Å²) in [5.41, 5.74) is 0.756. The number of nitrogens with zero attached hydrogens (tertiary/aromatic N) is 1. The van der Waals surface area contributed by atoms with Gasteiger partial charge in [0.05, 0.1) is 12.3 Å². The average molecular weight is 283 g/mol. The molecule has 0 N–H and O–H groups in total. The lowest BCUT2D eigenvalue weighted by Gasteiger charge is -2.26. The summed E-state index contributed by atoms with van der Waals surface area (Å²) in [5.74, 6) is -0.528. The van der Waals surface area contributed by atoms with E-state index in [1.54, 1.807) is 26.4 Å². The zero-order valence-corrected chi connectivity index (χ0v) is 12.3. The van der Waals surface area contributed by atoms with E-state index in [-0.39, 0.29) is 11.6 Å². The second-order valence-electron chi connectivity index (χ2n) is 4.52. The van der Waals surface area contributed by atoms with E-state index in [1.165, 1.54) is 13.0 Å². The van der Waals surface area contributed by atoms with Gasteiger partial charge in [-0.3, -0.25) is 4.79 Å². The van der Waals surface area contributed by atoms with Gasteiger partial charge in [-0.25, -0.2) is 4.39 Å². The highest BCUT2D eigenvalue weighted by Gasteiger charge is 2.18. The first kappa shape index (κ1) is 16.6. The number of hydrogen-bond acceptors (Lipinski definition) is 4. The molecule has 0 atom stereocenters. The molecule has 0 saturated heterocycles. The Bertz CT molecular complexity index is 437. The molecule has 0 aliphatic rings. The van der Waals surface area contributed by atoms with Crippen LogP contribution in [0.3, 0.4) is 0 Å². The molecule has 0 spiro atoms. The highest BCUT2D eigenvalue weighted by Crippen LogP contribution is 2.25. The molecular formula is C15H22FNO3. The van der Waals surface area contributed by atoms with E-state index in [4.69, 9.17) is 9.47 Å². The van der Waals surface area contributed by atoms with E-state index in [9.17, 15) is 9.18 Å². The van der Waals surface area contributed by atoms with Crippen molar-refractivity contribution in [1.82, 2.24) is 0 Å². The Morgan fingerprint density at radius 3 is 2.50 bits per heavy atom. The third-order valence-corrected chi connectivity index (χ3v) is 3.02. The average Bonchev–Trinajstić information content (AvgIpc) is 2.43. The number of Topliss-reactive ketones (excluding diaryl/α,β-unsaturated/α-hetero) is 1. The minimum absolute atomic E-state index is 0.145. The molecule has 0 aliphatic heterocycles. The molecule has 20 heavy (non-hydrogen) atoms. The van der Waals surface area contributed by atoms with Crippen LogP contribution in [0.4, 0.5) is 10.1 Å². The van der Waals surface area contributed by atoms with Crippen LogP contribution in [0.1, 0.15) is 23.7 Å². The molecular weight excluding hydrogens is 261 g/mol. The molecule has 0 heterocycles. The monoisotopic (exact) mass is 283 g/mol. The van der Waals surface area contributed by atoms with Crippen molar-refractivity contribution in [2.75, 3.05) is 45.4 Å². The Labute approximate surface area is 119 Å². The van der Waals surface area contributed by atoms with Gasteiger partial charge < -0.3 is 14.4 Å². The van der Waals surface area contributed by atoms with Gasteiger partial charge in [0.2, 0.25) is 0 Å². The Morgan fingerprint density at radius 2 is 1.90 bits per heavy atom. The van der Waals surface area contributed by atoms with Crippen molar-refractivity contribution in [3.05, 3.63) is 29.6 Å². The predicted octanol–water partition coefficient (Wildman–Crippen LogP) is 2.52. The molecule has 0 bridgehead atoms. The van der Waals surface area contributed by atoms with Crippen molar-refractivity contribution >= 4 is 11.5 Å². The molecule has 0 saturated carbocycles. The van der Waals surface area contributed by atoms with Crippen molar-refractivity contribution in [2.24, 2.45) is 0 Å². The molecule has 0 fully saturated rings. The van der Waals surface area contributed by atoms with Crippen molar-refractivity contribution < 1.29 is 18.7 Å². The van der Waals surface area contributed by atoms with Crippen LogP contribution in [0, 0.1) is 5.82 Å². The topological polar surface area (TPSA) is 38.8 Å². The maximum absolute atomic E-state index is 14.1. The van der Waals surface area contributed by atoms with E-state index >= 15 is 0 Å². The number of hydrogen-bond donors (Lipinski definition) is 0. The number of carbonyl (C=O) groups excluding carboxylic acids is 1. The minimum atomic E-state index is -0.383. The second-order valence-corrected chi connectivity index (χ2v) is 4.52. The fourth-order valence-corrected chi connectivity index (χ4v) is 2.06. The highest BCUT2D eigenvalue weighted by molar-refractivity contribution is 5.99. The summed E-state index contributed by atoms with van der Waals surface area (Å²) < 4.78 is 24.2. The van der Waals surface area contributed by atoms with E-state index < -0.39 is 0 Å². The van der Waals surface area contributed by atoms with E-state index in [2.05, 4.69) is 0 Å². The fraction of sp³-hybridized carbons (Fsp3) is 0.533. The molecule has 0 aliphatic carbocycles. The highest BCUT2D eigenvalue weighted by atomic mass is 19.1. The maximum Gasteiger partial charge on any atom is 0.161 e. The fourth-order valence-electron chi connectivity index (χ4n) is 2.06. The maximum atomic E-state index is 14.1. The van der Waals surface area contributed by atoms with Gasteiger partial charge in [0, 0.05) is 39.5 Å². The van der Waals surface area contributed by atoms with Crippen molar-refractivity contribution in [3.63, 3.8) is 0 Å². The standard InChI is InChI=1S/C15H22FNO3/c1-12(18)13-6-4-7-14(16)15(13)17(9-11-20-3)8-5-10-19-2/h4,6-7H,5,8-11H2,1-3H3. The predicted molar refractivity (Wildman–Crippen MR) is 77.0 cm³/mol. The molecule has 5 heteroatoms. The first-order valence-corrected chi connectivity index (χ1v) is 6.64. The zero-order valence-electron chi connectivity index (χ0n) is 12.3. The normalized spacial score (nSPS) is 10.6. The third kappa shape index (κ3) is 4.58. The number of ketones is 1. The molecule has 0 amide bonds. The number of benzene rings is 1. The summed E-state index contributed by atoms with van der Waals surface area (Å²) >= 11 is 0. The van der Waals surface area contributed by atoms with Crippen molar-refractivity contribution in [1.29, 1.82) is 0 Å². The Balaban J connectivity index is 3.01. The Kier molecular flexibility index (Phi) is 7.18. The first-order valence-electron chi connectivity index (χ1n) is 6.64. The van der Waals surface area contributed by atoms with E-state index in [0.717, 1.165) is 6.42 Å². The Hall–Kier alpha value is -1.46. The van der Waals surface area contributed by atoms with Crippen LogP contribution in [-0.4, -0.2) is 46.3 Å². The summed E-state index contributed by atoms with van der Waals surface area (Å²) in [5, 5.41) is 0. The largest absolute Gasteiger partial charge is 0.385 e. The van der Waals surface area contributed by atoms with Gasteiger partial charge in [0.15, 0.2) is 5.78 Å². The van der Waals surface area contributed by atoms with Gasteiger partial charge in [-0.1, -0.05) is 6.07 Å². The van der Waals surface area contributed by atoms with Gasteiger partial charge >= 0.3 is 0 Å². The lowest BCUT2D eigenvalue weighted by molar-refractivity contribution is 0.101. The molecule has 1 rings (SSSR count). The van der Waals surface area contributed by atoms with Gasteiger partial charge in [0.25, 0.3) is 0 Å². The number of ether oxygens (including phenoxy) is 2. The number of carbonyl (C=O) groups is 1. The summed E-state index contributed by atoms with van der Waals surface area (Å²) in [6.07, 6.45) is 0.756. The lowest BCUT2D eigenvalue weighted by Crippen LogP contribution is -2.31. The lowest BCUT2D eigenvalue weighted by atomic mass is 10.1. The zero-order chi connectivity index (χ0) is 15.0. The summed E-state index contributed by atoms with van der Waals surface area (Å²) in [6, 6.07) is 4.58. The Morgan fingerprint density at radius 1 is 1.20 bits per heavy atom. The van der Waals surface area contributed by atoms with Crippen molar-refractivity contribution in [2.45, 2.75) is 13.3 Å². The summed E-state index contributed by atoms with van der Waals surface area (Å²) in [7, 11) is 3.23. The molecule has 1 aromatic rings. The minimum Gasteiger partial charge on any atom is -0.385 e. The van der Waals surface area contributed by atoms with Crippen LogP contribution in [0.5, 0.6) is 0 Å². The number of anilines is 1.